The van der Waals surface area contributed by atoms with Gasteiger partial charge in [0.15, 0.2) is 0 Å². The fraction of sp³-hybridized carbons (Fsp3) is 0.667. The van der Waals surface area contributed by atoms with Crippen LogP contribution in [0.25, 0.3) is 0 Å². The highest BCUT2D eigenvalue weighted by Gasteiger charge is 2.06. The number of hydrogen-bond acceptors (Lipinski definition) is 1. The molecule has 0 spiro atoms. The molecule has 1 atom stereocenters. The zero-order valence-corrected chi connectivity index (χ0v) is 8.54. The van der Waals surface area contributed by atoms with E-state index in [1.165, 1.54) is 0 Å². The van der Waals surface area contributed by atoms with E-state index in [4.69, 9.17) is 11.6 Å². The summed E-state index contributed by atoms with van der Waals surface area (Å²) in [5.41, 5.74) is 0. The van der Waals surface area contributed by atoms with Crippen LogP contribution in [-0.4, -0.2) is 9.55 Å². The molecule has 2 nitrogen and oxygen atoms in total. The van der Waals surface area contributed by atoms with Gasteiger partial charge in [-0.1, -0.05) is 25.4 Å². The molecule has 0 saturated carbocycles. The maximum atomic E-state index is 5.71. The van der Waals surface area contributed by atoms with Crippen LogP contribution in [0.1, 0.15) is 33.2 Å². The normalized spacial score (nSPS) is 13.8. The third-order valence-corrected chi connectivity index (χ3v) is 2.09. The molecule has 0 radical (unpaired) electrons. The Kier molecular flexibility index (Phi) is 3.15. The van der Waals surface area contributed by atoms with Crippen LogP contribution in [0.4, 0.5) is 0 Å². The Morgan fingerprint density at radius 1 is 1.50 bits per heavy atom. The number of hydrogen-bond donors (Lipinski definition) is 0. The van der Waals surface area contributed by atoms with Crippen LogP contribution in [0.2, 0.25) is 5.15 Å². The van der Waals surface area contributed by atoms with Crippen molar-refractivity contribution in [2.45, 2.75) is 33.2 Å². The number of rotatable bonds is 3. The summed E-state index contributed by atoms with van der Waals surface area (Å²) in [6.07, 6.45) is 4.82. The van der Waals surface area contributed by atoms with E-state index in [0.717, 1.165) is 6.42 Å². The van der Waals surface area contributed by atoms with Gasteiger partial charge in [0, 0.05) is 12.2 Å². The first kappa shape index (κ1) is 9.59. The SMILES string of the molecule is CC(C)CC(C)n1cnc(Cl)c1. The zero-order valence-electron chi connectivity index (χ0n) is 7.79. The highest BCUT2D eigenvalue weighted by Crippen LogP contribution is 2.17. The third kappa shape index (κ3) is 2.52. The molecule has 1 aromatic heterocycles. The Balaban J connectivity index is 2.58. The number of imidazole rings is 1. The monoisotopic (exact) mass is 186 g/mol. The molecule has 1 aromatic rings. The molecule has 1 rings (SSSR count). The summed E-state index contributed by atoms with van der Waals surface area (Å²) in [5.74, 6) is 0.709. The van der Waals surface area contributed by atoms with E-state index in [1.54, 1.807) is 6.33 Å². The minimum Gasteiger partial charge on any atom is -0.333 e. The molecule has 1 heterocycles. The average Bonchev–Trinajstić information content (AvgIpc) is 2.34. The summed E-state index contributed by atoms with van der Waals surface area (Å²) in [4.78, 5) is 3.97. The Bertz CT molecular complexity index is 242. The van der Waals surface area contributed by atoms with Crippen LogP contribution < -0.4 is 0 Å². The van der Waals surface area contributed by atoms with E-state index in [-0.39, 0.29) is 0 Å². The molecule has 0 bridgehead atoms. The summed E-state index contributed by atoms with van der Waals surface area (Å²) in [7, 11) is 0. The Hall–Kier alpha value is -0.500. The van der Waals surface area contributed by atoms with Crippen LogP contribution in [0.3, 0.4) is 0 Å². The van der Waals surface area contributed by atoms with E-state index in [9.17, 15) is 0 Å². The number of aromatic nitrogens is 2. The topological polar surface area (TPSA) is 17.8 Å². The van der Waals surface area contributed by atoms with E-state index in [0.29, 0.717) is 17.1 Å². The number of halogens is 1. The molecular weight excluding hydrogens is 172 g/mol. The van der Waals surface area contributed by atoms with Crippen LogP contribution in [-0.2, 0) is 0 Å². The molecule has 0 fully saturated rings. The van der Waals surface area contributed by atoms with Crippen LogP contribution in [0, 0.1) is 5.92 Å². The summed E-state index contributed by atoms with van der Waals surface area (Å²) in [6.45, 7) is 6.61. The molecule has 3 heteroatoms. The Labute approximate surface area is 78.6 Å². The van der Waals surface area contributed by atoms with Crippen molar-refractivity contribution in [3.05, 3.63) is 17.7 Å². The molecule has 12 heavy (non-hydrogen) atoms. The minimum absolute atomic E-state index is 0.491. The summed E-state index contributed by atoms with van der Waals surface area (Å²) in [6, 6.07) is 0.491. The molecule has 0 aliphatic heterocycles. The van der Waals surface area contributed by atoms with Gasteiger partial charge in [0.25, 0.3) is 0 Å². The smallest absolute Gasteiger partial charge is 0.146 e. The van der Waals surface area contributed by atoms with Gasteiger partial charge >= 0.3 is 0 Å². The van der Waals surface area contributed by atoms with Crippen LogP contribution >= 0.6 is 11.6 Å². The second-order valence-electron chi connectivity index (χ2n) is 3.62. The van der Waals surface area contributed by atoms with Gasteiger partial charge in [-0.05, 0) is 19.3 Å². The lowest BCUT2D eigenvalue weighted by Crippen LogP contribution is -2.05. The molecule has 0 amide bonds. The molecule has 68 valence electrons. The first-order chi connectivity index (χ1) is 5.59. The zero-order chi connectivity index (χ0) is 9.14. The molecule has 0 saturated heterocycles. The Morgan fingerprint density at radius 3 is 2.58 bits per heavy atom. The van der Waals surface area contributed by atoms with Crippen molar-refractivity contribution < 1.29 is 0 Å². The Morgan fingerprint density at radius 2 is 2.17 bits per heavy atom. The molecular formula is C9H15ClN2. The first-order valence-electron chi connectivity index (χ1n) is 4.28. The maximum Gasteiger partial charge on any atom is 0.146 e. The van der Waals surface area contributed by atoms with Gasteiger partial charge < -0.3 is 4.57 Å². The van der Waals surface area contributed by atoms with Gasteiger partial charge in [-0.15, -0.1) is 0 Å². The van der Waals surface area contributed by atoms with Gasteiger partial charge in [0.2, 0.25) is 0 Å². The average molecular weight is 187 g/mol. The van der Waals surface area contributed by atoms with Gasteiger partial charge in [-0.3, -0.25) is 0 Å². The van der Waals surface area contributed by atoms with Crippen molar-refractivity contribution >= 4 is 11.6 Å². The van der Waals surface area contributed by atoms with Crippen molar-refractivity contribution in [2.75, 3.05) is 0 Å². The predicted octanol–water partition coefficient (Wildman–Crippen LogP) is 3.14. The van der Waals surface area contributed by atoms with Gasteiger partial charge in [-0.2, -0.15) is 0 Å². The highest BCUT2D eigenvalue weighted by molar-refractivity contribution is 6.29. The lowest BCUT2D eigenvalue weighted by molar-refractivity contribution is 0.427. The first-order valence-corrected chi connectivity index (χ1v) is 4.66. The largest absolute Gasteiger partial charge is 0.333 e. The van der Waals surface area contributed by atoms with Crippen molar-refractivity contribution in [1.29, 1.82) is 0 Å². The lowest BCUT2D eigenvalue weighted by Gasteiger charge is -2.14. The van der Waals surface area contributed by atoms with Gasteiger partial charge in [0.05, 0.1) is 6.33 Å². The van der Waals surface area contributed by atoms with Crippen molar-refractivity contribution in [3.63, 3.8) is 0 Å². The molecule has 0 aliphatic carbocycles. The third-order valence-electron chi connectivity index (χ3n) is 1.89. The van der Waals surface area contributed by atoms with Crippen molar-refractivity contribution in [1.82, 2.24) is 9.55 Å². The molecule has 0 aliphatic rings. The second kappa shape index (κ2) is 3.94. The summed E-state index contributed by atoms with van der Waals surface area (Å²) < 4.78 is 2.06. The highest BCUT2D eigenvalue weighted by atomic mass is 35.5. The maximum absolute atomic E-state index is 5.71. The summed E-state index contributed by atoms with van der Waals surface area (Å²) in [5, 5.41) is 0.575. The van der Waals surface area contributed by atoms with Crippen LogP contribution in [0.5, 0.6) is 0 Å². The van der Waals surface area contributed by atoms with Gasteiger partial charge in [0.1, 0.15) is 5.15 Å². The molecule has 0 aromatic carbocycles. The standard InChI is InChI=1S/C9H15ClN2/c1-7(2)4-8(3)12-5-9(10)11-6-12/h5-8H,4H2,1-3H3. The van der Waals surface area contributed by atoms with Gasteiger partial charge in [-0.25, -0.2) is 4.98 Å². The van der Waals surface area contributed by atoms with E-state index in [1.807, 2.05) is 6.20 Å². The van der Waals surface area contributed by atoms with E-state index < -0.39 is 0 Å². The summed E-state index contributed by atoms with van der Waals surface area (Å²) >= 11 is 5.71. The fourth-order valence-corrected chi connectivity index (χ4v) is 1.51. The number of nitrogens with zero attached hydrogens (tertiary/aromatic N) is 2. The van der Waals surface area contributed by atoms with E-state index in [2.05, 4.69) is 30.3 Å². The van der Waals surface area contributed by atoms with Crippen LogP contribution in [0.15, 0.2) is 12.5 Å². The predicted molar refractivity (Wildman–Crippen MR) is 51.4 cm³/mol. The fourth-order valence-electron chi connectivity index (χ4n) is 1.36. The second-order valence-corrected chi connectivity index (χ2v) is 4.01. The van der Waals surface area contributed by atoms with Crippen molar-refractivity contribution in [3.8, 4) is 0 Å². The quantitative estimate of drug-likeness (QED) is 0.709. The molecule has 1 unspecified atom stereocenters. The lowest BCUT2D eigenvalue weighted by atomic mass is 10.1. The minimum atomic E-state index is 0.491. The van der Waals surface area contributed by atoms with E-state index >= 15 is 0 Å². The molecule has 0 N–H and O–H groups in total. The van der Waals surface area contributed by atoms with Crippen molar-refractivity contribution in [2.24, 2.45) is 5.92 Å².